The fourth-order valence-electron chi connectivity index (χ4n) is 5.29. The van der Waals surface area contributed by atoms with Gasteiger partial charge in [-0.2, -0.15) is 4.98 Å². The number of carbonyl (C=O) groups excluding carboxylic acids is 1. The Morgan fingerprint density at radius 3 is 2.37 bits per heavy atom. The van der Waals surface area contributed by atoms with Crippen molar-refractivity contribution >= 4 is 23.1 Å². The van der Waals surface area contributed by atoms with Crippen molar-refractivity contribution in [2.24, 2.45) is 0 Å². The smallest absolute Gasteiger partial charge is 0.407 e. The molecule has 0 saturated heterocycles. The number of carboxylic acid groups (broad SMARTS) is 1. The maximum Gasteiger partial charge on any atom is 0.407 e. The van der Waals surface area contributed by atoms with Gasteiger partial charge in [0.1, 0.15) is 17.0 Å². The van der Waals surface area contributed by atoms with Gasteiger partial charge in [0, 0.05) is 18.6 Å². The summed E-state index contributed by atoms with van der Waals surface area (Å²) < 4.78 is 12.5. The normalized spacial score (nSPS) is 12.2. The lowest BCUT2D eigenvalue weighted by molar-refractivity contribution is 0.0625. The Balaban J connectivity index is 1.84. The van der Waals surface area contributed by atoms with E-state index in [1.54, 1.807) is 40.7 Å². The van der Waals surface area contributed by atoms with Crippen LogP contribution in [0, 0.1) is 6.92 Å². The van der Waals surface area contributed by atoms with E-state index in [1.807, 2.05) is 58.0 Å². The van der Waals surface area contributed by atoms with Crippen LogP contribution < -0.4 is 10.3 Å². The predicted molar refractivity (Wildman–Crippen MR) is 163 cm³/mol. The highest BCUT2D eigenvalue weighted by atomic mass is 16.5. The molecule has 43 heavy (non-hydrogen) atoms. The Morgan fingerprint density at radius 1 is 1.07 bits per heavy atom. The van der Waals surface area contributed by atoms with E-state index < -0.39 is 17.7 Å². The lowest BCUT2D eigenvalue weighted by Gasteiger charge is -2.36. The van der Waals surface area contributed by atoms with E-state index in [4.69, 9.17) is 14.2 Å². The third-order valence-corrected chi connectivity index (χ3v) is 7.46. The quantitative estimate of drug-likeness (QED) is 0.242. The van der Waals surface area contributed by atoms with Crippen LogP contribution in [-0.2, 0) is 6.54 Å². The molecule has 2 heterocycles. The third kappa shape index (κ3) is 6.71. The summed E-state index contributed by atoms with van der Waals surface area (Å²) in [6.07, 6.45) is -0.262. The average molecular weight is 590 g/mol. The lowest BCUT2D eigenvalue weighted by atomic mass is 10.1. The molecular formula is C32H39N5O6. The number of amides is 2. The van der Waals surface area contributed by atoms with E-state index in [1.165, 1.54) is 12.0 Å². The fraction of sp³-hybridized carbons (Fsp3) is 0.406. The first-order chi connectivity index (χ1) is 20.5. The zero-order valence-electron chi connectivity index (χ0n) is 25.5. The van der Waals surface area contributed by atoms with Crippen LogP contribution >= 0.6 is 0 Å². The average Bonchev–Trinajstić information content (AvgIpc) is 3.35. The first-order valence-electron chi connectivity index (χ1n) is 14.3. The van der Waals surface area contributed by atoms with Crippen LogP contribution in [0.1, 0.15) is 74.0 Å². The lowest BCUT2D eigenvalue weighted by Crippen LogP contribution is -2.46. The predicted octanol–water partition coefficient (Wildman–Crippen LogP) is 5.51. The number of hydrogen-bond donors (Lipinski definition) is 1. The van der Waals surface area contributed by atoms with E-state index in [0.29, 0.717) is 41.1 Å². The van der Waals surface area contributed by atoms with E-state index in [0.717, 1.165) is 5.56 Å². The van der Waals surface area contributed by atoms with Gasteiger partial charge in [0.05, 0.1) is 31.0 Å². The van der Waals surface area contributed by atoms with E-state index in [-0.39, 0.29) is 36.8 Å². The molecule has 1 atom stereocenters. The van der Waals surface area contributed by atoms with Crippen LogP contribution in [0.25, 0.3) is 11.1 Å². The molecule has 1 unspecified atom stereocenters. The van der Waals surface area contributed by atoms with Crippen molar-refractivity contribution in [3.8, 4) is 5.75 Å². The number of aromatic nitrogens is 3. The number of methoxy groups -OCH3 is 1. The molecule has 11 nitrogen and oxygen atoms in total. The topological polar surface area (TPSA) is 131 Å². The number of ether oxygens (including phenoxy) is 1. The zero-order valence-corrected chi connectivity index (χ0v) is 25.5. The molecule has 228 valence electrons. The van der Waals surface area contributed by atoms with Gasteiger partial charge in [0.25, 0.3) is 17.2 Å². The summed E-state index contributed by atoms with van der Waals surface area (Å²) >= 11 is 0. The molecule has 4 rings (SSSR count). The fourth-order valence-corrected chi connectivity index (χ4v) is 5.29. The summed E-state index contributed by atoms with van der Waals surface area (Å²) in [5.74, 6) is 0.440. The Bertz CT molecular complexity index is 1640. The Labute approximate surface area is 250 Å². The highest BCUT2D eigenvalue weighted by molar-refractivity contribution is 5.97. The number of nitrogens with zero attached hydrogens (tertiary/aromatic N) is 5. The van der Waals surface area contributed by atoms with Gasteiger partial charge in [0.2, 0.25) is 0 Å². The third-order valence-electron chi connectivity index (χ3n) is 7.46. The molecule has 0 bridgehead atoms. The number of aryl methyl sites for hydroxylation is 1. The molecule has 0 radical (unpaired) electrons. The van der Waals surface area contributed by atoms with Crippen LogP contribution in [0.4, 0.5) is 4.79 Å². The SMILES string of the molecule is CCC(c1nc2onc(C)c2c(=O)n1Cc1ccccc1)N(CCCN(C(=O)O)C(C)(C)C)C(=O)c1ccccc1OC. The van der Waals surface area contributed by atoms with Crippen LogP contribution in [0.5, 0.6) is 5.75 Å². The van der Waals surface area contributed by atoms with E-state index in [2.05, 4.69) is 5.16 Å². The molecule has 4 aromatic rings. The van der Waals surface area contributed by atoms with Crippen molar-refractivity contribution in [3.63, 3.8) is 0 Å². The van der Waals surface area contributed by atoms with Gasteiger partial charge >= 0.3 is 6.09 Å². The van der Waals surface area contributed by atoms with Crippen LogP contribution in [0.2, 0.25) is 0 Å². The monoisotopic (exact) mass is 589 g/mol. The molecule has 0 aliphatic heterocycles. The highest BCUT2D eigenvalue weighted by Gasteiger charge is 2.32. The maximum absolute atomic E-state index is 14.3. The molecule has 2 aromatic carbocycles. The number of hydrogen-bond acceptors (Lipinski definition) is 7. The highest BCUT2D eigenvalue weighted by Crippen LogP contribution is 2.30. The summed E-state index contributed by atoms with van der Waals surface area (Å²) in [5.41, 5.74) is 0.848. The Morgan fingerprint density at radius 2 is 1.74 bits per heavy atom. The van der Waals surface area contributed by atoms with Crippen molar-refractivity contribution in [3.05, 3.63) is 87.6 Å². The van der Waals surface area contributed by atoms with Gasteiger partial charge in [-0.1, -0.05) is 54.5 Å². The minimum absolute atomic E-state index is 0.106. The van der Waals surface area contributed by atoms with Crippen molar-refractivity contribution in [1.29, 1.82) is 0 Å². The van der Waals surface area contributed by atoms with Crippen molar-refractivity contribution in [1.82, 2.24) is 24.5 Å². The second kappa shape index (κ2) is 13.1. The number of para-hydroxylation sites is 1. The minimum atomic E-state index is -1.04. The Hall–Kier alpha value is -4.67. The Kier molecular flexibility index (Phi) is 9.53. The standard InChI is InChI=1S/C32H39N5O6/c1-7-24(27-33-28-26(21(2)34-43-28)30(39)36(27)20-22-14-9-8-10-15-22)35(18-13-19-37(31(40)41)32(3,4)5)29(38)23-16-11-12-17-25(23)42-6/h8-12,14-17,24H,7,13,18-20H2,1-6H3,(H,40,41). The number of fused-ring (bicyclic) bond motifs is 1. The van der Waals surface area contributed by atoms with Gasteiger partial charge in [0.15, 0.2) is 0 Å². The van der Waals surface area contributed by atoms with Crippen LogP contribution in [0.3, 0.4) is 0 Å². The van der Waals surface area contributed by atoms with Gasteiger partial charge in [-0.25, -0.2) is 4.79 Å². The van der Waals surface area contributed by atoms with Crippen LogP contribution in [-0.4, -0.2) is 67.4 Å². The van der Waals surface area contributed by atoms with Crippen molar-refractivity contribution < 1.29 is 24.0 Å². The molecule has 1 N–H and O–H groups in total. The molecule has 0 fully saturated rings. The first kappa shape index (κ1) is 31.3. The van der Waals surface area contributed by atoms with Crippen molar-refractivity contribution in [2.75, 3.05) is 20.2 Å². The summed E-state index contributed by atoms with van der Waals surface area (Å²) in [5, 5.41) is 14.1. The van der Waals surface area contributed by atoms with Gasteiger partial charge in [-0.3, -0.25) is 14.2 Å². The van der Waals surface area contributed by atoms with E-state index >= 15 is 0 Å². The molecule has 2 aromatic heterocycles. The molecule has 0 aliphatic rings. The number of benzene rings is 2. The summed E-state index contributed by atoms with van der Waals surface area (Å²) in [7, 11) is 1.50. The molecule has 0 saturated carbocycles. The molecular weight excluding hydrogens is 550 g/mol. The van der Waals surface area contributed by atoms with Gasteiger partial charge < -0.3 is 24.2 Å². The van der Waals surface area contributed by atoms with E-state index in [9.17, 15) is 19.5 Å². The molecule has 0 aliphatic carbocycles. The first-order valence-corrected chi connectivity index (χ1v) is 14.3. The summed E-state index contributed by atoms with van der Waals surface area (Å²) in [6, 6.07) is 15.8. The van der Waals surface area contributed by atoms with Gasteiger partial charge in [-0.05, 0) is 58.2 Å². The second-order valence-electron chi connectivity index (χ2n) is 11.4. The minimum Gasteiger partial charge on any atom is -0.496 e. The number of rotatable bonds is 11. The maximum atomic E-state index is 14.3. The second-order valence-corrected chi connectivity index (χ2v) is 11.4. The van der Waals surface area contributed by atoms with Gasteiger partial charge in [-0.15, -0.1) is 0 Å². The largest absolute Gasteiger partial charge is 0.496 e. The number of carbonyl (C=O) groups is 2. The molecule has 11 heteroatoms. The molecule has 2 amide bonds. The summed E-state index contributed by atoms with van der Waals surface area (Å²) in [4.78, 5) is 48.0. The summed E-state index contributed by atoms with van der Waals surface area (Å²) in [6.45, 7) is 9.73. The molecule has 0 spiro atoms. The van der Waals surface area contributed by atoms with Crippen LogP contribution in [0.15, 0.2) is 63.9 Å². The zero-order chi connectivity index (χ0) is 31.3. The van der Waals surface area contributed by atoms with Crippen molar-refractivity contribution in [2.45, 2.75) is 65.6 Å².